The summed E-state index contributed by atoms with van der Waals surface area (Å²) in [6.45, 7) is 1.89. The highest BCUT2D eigenvalue weighted by atomic mass is 19.2. The van der Waals surface area contributed by atoms with Gasteiger partial charge >= 0.3 is 0 Å². The SMILES string of the molecule is CCCc1cc(Cc2cc(F)c(F)c(C3=CCCCC3)c2)cc(F)c1F. The molecule has 2 aromatic rings. The van der Waals surface area contributed by atoms with E-state index in [-0.39, 0.29) is 12.0 Å². The van der Waals surface area contributed by atoms with Gasteiger partial charge < -0.3 is 0 Å². The van der Waals surface area contributed by atoms with Crippen molar-refractivity contribution in [3.05, 3.63) is 75.9 Å². The van der Waals surface area contributed by atoms with E-state index in [4.69, 9.17) is 0 Å². The molecule has 0 amide bonds. The van der Waals surface area contributed by atoms with Crippen molar-refractivity contribution in [2.45, 2.75) is 51.9 Å². The van der Waals surface area contributed by atoms with Gasteiger partial charge in [-0.1, -0.05) is 25.5 Å². The minimum atomic E-state index is -0.902. The molecule has 0 nitrogen and oxygen atoms in total. The maximum atomic E-state index is 14.3. The highest BCUT2D eigenvalue weighted by Gasteiger charge is 2.17. The lowest BCUT2D eigenvalue weighted by atomic mass is 9.91. The first-order chi connectivity index (χ1) is 12.5. The van der Waals surface area contributed by atoms with Gasteiger partial charge in [0.25, 0.3) is 0 Å². The Hall–Kier alpha value is -2.10. The van der Waals surface area contributed by atoms with Crippen LogP contribution in [0.1, 0.15) is 61.3 Å². The maximum absolute atomic E-state index is 14.3. The average Bonchev–Trinajstić information content (AvgIpc) is 2.63. The van der Waals surface area contributed by atoms with E-state index in [1.807, 2.05) is 13.0 Å². The lowest BCUT2D eigenvalue weighted by Crippen LogP contribution is -2.02. The van der Waals surface area contributed by atoms with Gasteiger partial charge in [0.15, 0.2) is 23.3 Å². The van der Waals surface area contributed by atoms with Gasteiger partial charge in [-0.05, 0) is 79.0 Å². The van der Waals surface area contributed by atoms with Gasteiger partial charge in [-0.2, -0.15) is 0 Å². The highest BCUT2D eigenvalue weighted by Crippen LogP contribution is 2.31. The molecule has 0 spiro atoms. The number of rotatable bonds is 5. The van der Waals surface area contributed by atoms with E-state index < -0.39 is 23.3 Å². The second-order valence-electron chi connectivity index (χ2n) is 6.89. The lowest BCUT2D eigenvalue weighted by Gasteiger charge is -2.15. The molecule has 4 heteroatoms. The summed E-state index contributed by atoms with van der Waals surface area (Å²) in [7, 11) is 0. The number of halogens is 4. The van der Waals surface area contributed by atoms with Gasteiger partial charge in [0, 0.05) is 5.56 Å². The van der Waals surface area contributed by atoms with Crippen LogP contribution in [-0.2, 0) is 12.8 Å². The van der Waals surface area contributed by atoms with Crippen LogP contribution in [0, 0.1) is 23.3 Å². The minimum absolute atomic E-state index is 0.228. The molecule has 0 atom stereocenters. The van der Waals surface area contributed by atoms with E-state index in [0.717, 1.165) is 43.4 Å². The number of allylic oxidation sites excluding steroid dienone is 2. The summed E-state index contributed by atoms with van der Waals surface area (Å²) in [5.41, 5.74) is 2.54. The van der Waals surface area contributed by atoms with E-state index in [1.54, 1.807) is 12.1 Å². The van der Waals surface area contributed by atoms with E-state index in [9.17, 15) is 17.6 Å². The van der Waals surface area contributed by atoms with E-state index >= 15 is 0 Å². The van der Waals surface area contributed by atoms with Gasteiger partial charge in [-0.25, -0.2) is 17.6 Å². The third-order valence-corrected chi connectivity index (χ3v) is 4.82. The first-order valence-corrected chi connectivity index (χ1v) is 9.13. The molecule has 0 heterocycles. The fourth-order valence-corrected chi connectivity index (χ4v) is 3.56. The highest BCUT2D eigenvalue weighted by molar-refractivity contribution is 5.67. The Kier molecular flexibility index (Phi) is 5.80. The molecule has 0 aliphatic heterocycles. The summed E-state index contributed by atoms with van der Waals surface area (Å²) < 4.78 is 56.1. The minimum Gasteiger partial charge on any atom is -0.204 e. The largest absolute Gasteiger partial charge is 0.204 e. The monoisotopic (exact) mass is 362 g/mol. The van der Waals surface area contributed by atoms with Crippen LogP contribution in [0.25, 0.3) is 5.57 Å². The van der Waals surface area contributed by atoms with Gasteiger partial charge in [-0.15, -0.1) is 0 Å². The van der Waals surface area contributed by atoms with Crippen molar-refractivity contribution in [3.8, 4) is 0 Å². The molecule has 1 aliphatic rings. The molecule has 0 radical (unpaired) electrons. The molecular formula is C22H22F4. The Labute approximate surface area is 151 Å². The van der Waals surface area contributed by atoms with Crippen LogP contribution in [0.4, 0.5) is 17.6 Å². The predicted molar refractivity (Wildman–Crippen MR) is 96.0 cm³/mol. The third kappa shape index (κ3) is 4.00. The van der Waals surface area contributed by atoms with Crippen molar-refractivity contribution < 1.29 is 17.6 Å². The fourth-order valence-electron chi connectivity index (χ4n) is 3.56. The summed E-state index contributed by atoms with van der Waals surface area (Å²) in [6.07, 6.45) is 6.93. The van der Waals surface area contributed by atoms with Crippen LogP contribution in [-0.4, -0.2) is 0 Å². The second kappa shape index (κ2) is 8.07. The number of benzene rings is 2. The molecule has 3 rings (SSSR count). The third-order valence-electron chi connectivity index (χ3n) is 4.82. The van der Waals surface area contributed by atoms with Gasteiger partial charge in [0.05, 0.1) is 0 Å². The van der Waals surface area contributed by atoms with Crippen molar-refractivity contribution in [2.75, 3.05) is 0 Å². The van der Waals surface area contributed by atoms with E-state index in [2.05, 4.69) is 0 Å². The zero-order valence-corrected chi connectivity index (χ0v) is 14.8. The Bertz CT molecular complexity index is 837. The Balaban J connectivity index is 1.95. The summed E-state index contributed by atoms with van der Waals surface area (Å²) in [4.78, 5) is 0. The van der Waals surface area contributed by atoms with E-state index in [1.165, 1.54) is 0 Å². The summed E-state index contributed by atoms with van der Waals surface area (Å²) >= 11 is 0. The van der Waals surface area contributed by atoms with Gasteiger partial charge in [0.2, 0.25) is 0 Å². The number of aryl methyl sites for hydroxylation is 1. The molecule has 0 bridgehead atoms. The summed E-state index contributed by atoms with van der Waals surface area (Å²) in [5.74, 6) is -3.46. The molecule has 0 fully saturated rings. The Morgan fingerprint density at radius 1 is 0.846 bits per heavy atom. The summed E-state index contributed by atoms with van der Waals surface area (Å²) in [6, 6.07) is 5.53. The van der Waals surface area contributed by atoms with Gasteiger partial charge in [0.1, 0.15) is 0 Å². The lowest BCUT2D eigenvalue weighted by molar-refractivity contribution is 0.496. The molecule has 0 saturated carbocycles. The van der Waals surface area contributed by atoms with Crippen molar-refractivity contribution in [1.82, 2.24) is 0 Å². The molecule has 0 N–H and O–H groups in total. The van der Waals surface area contributed by atoms with Crippen LogP contribution in [0.3, 0.4) is 0 Å². The van der Waals surface area contributed by atoms with Crippen LogP contribution < -0.4 is 0 Å². The first kappa shape index (κ1) is 18.7. The molecule has 2 aromatic carbocycles. The topological polar surface area (TPSA) is 0 Å². The molecule has 138 valence electrons. The Morgan fingerprint density at radius 2 is 1.54 bits per heavy atom. The number of hydrogen-bond donors (Lipinski definition) is 0. The van der Waals surface area contributed by atoms with Crippen LogP contribution in [0.2, 0.25) is 0 Å². The normalized spacial score (nSPS) is 14.4. The van der Waals surface area contributed by atoms with Crippen LogP contribution in [0.15, 0.2) is 30.3 Å². The first-order valence-electron chi connectivity index (χ1n) is 9.13. The molecule has 0 unspecified atom stereocenters. The van der Waals surface area contributed by atoms with E-state index in [0.29, 0.717) is 29.5 Å². The average molecular weight is 362 g/mol. The molecule has 26 heavy (non-hydrogen) atoms. The quantitative estimate of drug-likeness (QED) is 0.517. The second-order valence-corrected chi connectivity index (χ2v) is 6.89. The fraction of sp³-hybridized carbons (Fsp3) is 0.364. The van der Waals surface area contributed by atoms with Crippen LogP contribution in [0.5, 0.6) is 0 Å². The predicted octanol–water partition coefficient (Wildman–Crippen LogP) is 6.74. The molecular weight excluding hydrogens is 340 g/mol. The van der Waals surface area contributed by atoms with Crippen molar-refractivity contribution in [2.24, 2.45) is 0 Å². The molecule has 0 saturated heterocycles. The number of hydrogen-bond acceptors (Lipinski definition) is 0. The standard InChI is InChI=1S/C22H22F4/c1-2-6-17-10-14(12-19(23)21(17)25)9-15-11-18(22(26)20(24)13-15)16-7-4-3-5-8-16/h7,10-13H,2-6,8-9H2,1H3. The van der Waals surface area contributed by atoms with Crippen molar-refractivity contribution in [1.29, 1.82) is 0 Å². The molecule has 1 aliphatic carbocycles. The smallest absolute Gasteiger partial charge is 0.166 e. The zero-order chi connectivity index (χ0) is 18.7. The van der Waals surface area contributed by atoms with Crippen LogP contribution >= 0.6 is 0 Å². The van der Waals surface area contributed by atoms with Gasteiger partial charge in [-0.3, -0.25) is 0 Å². The summed E-state index contributed by atoms with van der Waals surface area (Å²) in [5, 5.41) is 0. The zero-order valence-electron chi connectivity index (χ0n) is 14.8. The molecule has 0 aromatic heterocycles. The Morgan fingerprint density at radius 3 is 2.19 bits per heavy atom. The van der Waals surface area contributed by atoms with Crippen molar-refractivity contribution >= 4 is 5.57 Å². The maximum Gasteiger partial charge on any atom is 0.166 e. The van der Waals surface area contributed by atoms with Crippen molar-refractivity contribution in [3.63, 3.8) is 0 Å².